The van der Waals surface area contributed by atoms with Crippen molar-refractivity contribution in [3.05, 3.63) is 0 Å². The molecule has 0 aromatic carbocycles. The van der Waals surface area contributed by atoms with Crippen molar-refractivity contribution in [3.63, 3.8) is 0 Å². The minimum atomic E-state index is -0.490. The first kappa shape index (κ1) is 12.5. The third-order valence-corrected chi connectivity index (χ3v) is 3.84. The van der Waals surface area contributed by atoms with Crippen LogP contribution in [0, 0.1) is 11.3 Å². The Morgan fingerprint density at radius 2 is 2.00 bits per heavy atom. The summed E-state index contributed by atoms with van der Waals surface area (Å²) < 4.78 is 0. The monoisotopic (exact) mass is 212 g/mol. The zero-order chi connectivity index (χ0) is 11.7. The lowest BCUT2D eigenvalue weighted by atomic mass is 9.61. The Morgan fingerprint density at radius 1 is 1.40 bits per heavy atom. The van der Waals surface area contributed by atoms with Gasteiger partial charge in [-0.1, -0.05) is 33.6 Å². The fraction of sp³-hybridized carbons (Fsp3) is 0.917. The minimum absolute atomic E-state index is 0.123. The van der Waals surface area contributed by atoms with Gasteiger partial charge in [0.25, 0.3) is 0 Å². The second-order valence-electron chi connectivity index (χ2n) is 5.75. The van der Waals surface area contributed by atoms with E-state index in [9.17, 15) is 4.79 Å². The molecule has 1 aliphatic rings. The molecule has 1 aliphatic carbocycles. The highest BCUT2D eigenvalue weighted by molar-refractivity contribution is 5.85. The molecule has 3 heteroatoms. The van der Waals surface area contributed by atoms with E-state index in [1.54, 1.807) is 0 Å². The Morgan fingerprint density at radius 3 is 2.33 bits per heavy atom. The summed E-state index contributed by atoms with van der Waals surface area (Å²) in [6, 6.07) is 0. The Labute approximate surface area is 92.8 Å². The number of hydrogen-bond donors (Lipinski definition) is 2. The van der Waals surface area contributed by atoms with E-state index in [1.807, 2.05) is 7.05 Å². The Balaban J connectivity index is 3.04. The molecule has 1 fully saturated rings. The van der Waals surface area contributed by atoms with Gasteiger partial charge >= 0.3 is 0 Å². The molecular weight excluding hydrogens is 188 g/mol. The van der Waals surface area contributed by atoms with E-state index in [0.717, 1.165) is 19.3 Å². The maximum Gasteiger partial charge on any atom is 0.238 e. The highest BCUT2D eigenvalue weighted by atomic mass is 16.1. The van der Waals surface area contributed by atoms with Crippen molar-refractivity contribution in [2.75, 3.05) is 7.05 Å². The lowest BCUT2D eigenvalue weighted by Gasteiger charge is -2.48. The maximum atomic E-state index is 11.7. The molecule has 3 nitrogen and oxygen atoms in total. The average molecular weight is 212 g/mol. The molecule has 2 atom stereocenters. The lowest BCUT2D eigenvalue weighted by Crippen LogP contribution is -2.63. The molecule has 0 radical (unpaired) electrons. The molecule has 1 saturated carbocycles. The third kappa shape index (κ3) is 2.17. The fourth-order valence-electron chi connectivity index (χ4n) is 3.06. The van der Waals surface area contributed by atoms with Gasteiger partial charge < -0.3 is 11.1 Å². The van der Waals surface area contributed by atoms with Crippen LogP contribution in [-0.4, -0.2) is 18.5 Å². The van der Waals surface area contributed by atoms with Gasteiger partial charge in [0.15, 0.2) is 0 Å². The van der Waals surface area contributed by atoms with Crippen LogP contribution in [-0.2, 0) is 4.79 Å². The number of carbonyl (C=O) groups is 1. The lowest BCUT2D eigenvalue weighted by molar-refractivity contribution is -0.130. The molecule has 88 valence electrons. The van der Waals surface area contributed by atoms with Crippen LogP contribution in [0.5, 0.6) is 0 Å². The van der Waals surface area contributed by atoms with Crippen LogP contribution in [0.1, 0.15) is 46.5 Å². The molecule has 0 saturated heterocycles. The number of nitrogens with two attached hydrogens (primary N) is 1. The molecule has 3 N–H and O–H groups in total. The van der Waals surface area contributed by atoms with Crippen molar-refractivity contribution in [3.8, 4) is 0 Å². The van der Waals surface area contributed by atoms with Gasteiger partial charge in [-0.05, 0) is 31.2 Å². The molecule has 0 aromatic rings. The molecule has 0 bridgehead atoms. The van der Waals surface area contributed by atoms with Crippen LogP contribution < -0.4 is 11.1 Å². The number of amides is 1. The van der Waals surface area contributed by atoms with Crippen LogP contribution in [0.15, 0.2) is 0 Å². The molecule has 2 unspecified atom stereocenters. The second-order valence-corrected chi connectivity index (χ2v) is 5.75. The van der Waals surface area contributed by atoms with E-state index in [0.29, 0.717) is 5.92 Å². The third-order valence-electron chi connectivity index (χ3n) is 3.84. The van der Waals surface area contributed by atoms with Gasteiger partial charge in [0.2, 0.25) is 5.91 Å². The van der Waals surface area contributed by atoms with Gasteiger partial charge in [-0.3, -0.25) is 4.79 Å². The van der Waals surface area contributed by atoms with Crippen molar-refractivity contribution < 1.29 is 4.79 Å². The van der Waals surface area contributed by atoms with E-state index >= 15 is 0 Å². The van der Waals surface area contributed by atoms with E-state index in [-0.39, 0.29) is 11.3 Å². The summed E-state index contributed by atoms with van der Waals surface area (Å²) in [6.07, 6.45) is 4.27. The molecule has 0 spiro atoms. The van der Waals surface area contributed by atoms with Gasteiger partial charge in [-0.15, -0.1) is 0 Å². The van der Waals surface area contributed by atoms with E-state index in [2.05, 4.69) is 26.1 Å². The van der Waals surface area contributed by atoms with Crippen molar-refractivity contribution in [1.82, 2.24) is 5.32 Å². The van der Waals surface area contributed by atoms with Crippen LogP contribution in [0.3, 0.4) is 0 Å². The molecule has 1 amide bonds. The molecule has 0 heterocycles. The van der Waals surface area contributed by atoms with Gasteiger partial charge in [0, 0.05) is 0 Å². The molecule has 1 rings (SSSR count). The van der Waals surface area contributed by atoms with Crippen LogP contribution in [0.2, 0.25) is 0 Å². The van der Waals surface area contributed by atoms with E-state index in [4.69, 9.17) is 5.73 Å². The topological polar surface area (TPSA) is 55.1 Å². The summed E-state index contributed by atoms with van der Waals surface area (Å²) in [7, 11) is 1.86. The quantitative estimate of drug-likeness (QED) is 0.731. The predicted octanol–water partition coefficient (Wildman–Crippen LogP) is 1.67. The van der Waals surface area contributed by atoms with Gasteiger partial charge in [-0.25, -0.2) is 0 Å². The van der Waals surface area contributed by atoms with Gasteiger partial charge in [0.05, 0.1) is 0 Å². The molecule has 0 aliphatic heterocycles. The Bertz CT molecular complexity index is 244. The first-order valence-corrected chi connectivity index (χ1v) is 5.83. The van der Waals surface area contributed by atoms with Crippen molar-refractivity contribution >= 4 is 5.91 Å². The first-order chi connectivity index (χ1) is 6.84. The number of rotatable bonds is 2. The first-order valence-electron chi connectivity index (χ1n) is 5.83. The summed E-state index contributed by atoms with van der Waals surface area (Å²) >= 11 is 0. The summed E-state index contributed by atoms with van der Waals surface area (Å²) in [4.78, 5) is 11.7. The van der Waals surface area contributed by atoms with E-state index < -0.39 is 5.54 Å². The number of carbonyl (C=O) groups excluding carboxylic acids is 1. The smallest absolute Gasteiger partial charge is 0.238 e. The molecule has 15 heavy (non-hydrogen) atoms. The van der Waals surface area contributed by atoms with Crippen LogP contribution in [0.25, 0.3) is 0 Å². The average Bonchev–Trinajstić information content (AvgIpc) is 2.16. The maximum absolute atomic E-state index is 11.7. The number of nitrogens with one attached hydrogen (secondary N) is 1. The molecule has 0 aromatic heterocycles. The van der Waals surface area contributed by atoms with Crippen molar-refractivity contribution in [2.45, 2.75) is 52.0 Å². The van der Waals surface area contributed by atoms with Crippen molar-refractivity contribution in [1.29, 1.82) is 0 Å². The Kier molecular flexibility index (Phi) is 3.44. The Hall–Kier alpha value is -0.570. The standard InChI is InChI=1S/C12H24N2O/c1-11(2,3)9-7-5-6-8-12(9,14-4)10(13)15/h9,14H,5-8H2,1-4H3,(H2,13,15). The highest BCUT2D eigenvalue weighted by Crippen LogP contribution is 2.44. The summed E-state index contributed by atoms with van der Waals surface area (Å²) in [6.45, 7) is 6.58. The van der Waals surface area contributed by atoms with Gasteiger partial charge in [0.1, 0.15) is 5.54 Å². The van der Waals surface area contributed by atoms with Crippen LogP contribution >= 0.6 is 0 Å². The number of hydrogen-bond acceptors (Lipinski definition) is 2. The highest BCUT2D eigenvalue weighted by Gasteiger charge is 2.49. The van der Waals surface area contributed by atoms with E-state index in [1.165, 1.54) is 6.42 Å². The largest absolute Gasteiger partial charge is 0.368 e. The fourth-order valence-corrected chi connectivity index (χ4v) is 3.06. The van der Waals surface area contributed by atoms with Crippen LogP contribution in [0.4, 0.5) is 0 Å². The SMILES string of the molecule is CNC1(C(N)=O)CCCCC1C(C)(C)C. The summed E-state index contributed by atoms with van der Waals surface area (Å²) in [5.74, 6) is 0.144. The molecular formula is C12H24N2O. The van der Waals surface area contributed by atoms with Crippen molar-refractivity contribution in [2.24, 2.45) is 17.1 Å². The second kappa shape index (κ2) is 4.12. The predicted molar refractivity (Wildman–Crippen MR) is 62.4 cm³/mol. The summed E-state index contributed by atoms with van der Waals surface area (Å²) in [5, 5.41) is 3.20. The zero-order valence-electron chi connectivity index (χ0n) is 10.4. The zero-order valence-corrected chi connectivity index (χ0v) is 10.4. The minimum Gasteiger partial charge on any atom is -0.368 e. The number of primary amides is 1. The normalized spacial score (nSPS) is 32.7. The summed E-state index contributed by atoms with van der Waals surface area (Å²) in [5.41, 5.74) is 5.23. The van der Waals surface area contributed by atoms with Gasteiger partial charge in [-0.2, -0.15) is 0 Å². The number of likely N-dealkylation sites (N-methyl/N-ethyl adjacent to an activating group) is 1.